The monoisotopic (exact) mass is 198 g/mol. The summed E-state index contributed by atoms with van der Waals surface area (Å²) in [5.41, 5.74) is 0.449. The van der Waals surface area contributed by atoms with Crippen LogP contribution >= 0.6 is 0 Å². The lowest BCUT2D eigenvalue weighted by Gasteiger charge is -2.39. The van der Waals surface area contributed by atoms with Gasteiger partial charge in [0.1, 0.15) is 6.10 Å². The van der Waals surface area contributed by atoms with E-state index in [4.69, 9.17) is 9.47 Å². The molecule has 0 aromatic heterocycles. The Bertz CT molecular complexity index is 233. The molecule has 3 atom stereocenters. The molecule has 1 saturated heterocycles. The Hall–Kier alpha value is -0.830. The molecule has 0 saturated carbocycles. The van der Waals surface area contributed by atoms with Crippen LogP contribution < -0.4 is 0 Å². The largest absolute Gasteiger partial charge is 0.459 e. The van der Waals surface area contributed by atoms with Gasteiger partial charge in [-0.2, -0.15) is 0 Å². The molecule has 3 nitrogen and oxygen atoms in total. The highest BCUT2D eigenvalue weighted by Gasteiger charge is 2.36. The number of carbonyl (C=O) groups is 1. The van der Waals surface area contributed by atoms with Crippen molar-refractivity contribution in [2.24, 2.45) is 5.92 Å². The number of hydrogen-bond acceptors (Lipinski definition) is 3. The Balaban J connectivity index is 2.38. The zero-order valence-electron chi connectivity index (χ0n) is 9.08. The normalized spacial score (nSPS) is 27.6. The molecule has 1 rings (SSSR count). The van der Waals surface area contributed by atoms with E-state index in [0.29, 0.717) is 18.1 Å². The average Bonchev–Trinajstić information content (AvgIpc) is 2.02. The van der Waals surface area contributed by atoms with Gasteiger partial charge in [0.15, 0.2) is 0 Å². The summed E-state index contributed by atoms with van der Waals surface area (Å²) in [5.74, 6) is 0.0440. The van der Waals surface area contributed by atoms with Gasteiger partial charge in [-0.1, -0.05) is 13.5 Å². The first-order valence-electron chi connectivity index (χ1n) is 5.04. The van der Waals surface area contributed by atoms with Crippen LogP contribution in [0, 0.1) is 5.92 Å². The molecule has 3 heteroatoms. The van der Waals surface area contributed by atoms with Gasteiger partial charge in [-0.3, -0.25) is 0 Å². The summed E-state index contributed by atoms with van der Waals surface area (Å²) in [6, 6.07) is 0. The van der Waals surface area contributed by atoms with Crippen LogP contribution in [0.4, 0.5) is 0 Å². The van der Waals surface area contributed by atoms with Crippen molar-refractivity contribution in [3.8, 4) is 0 Å². The van der Waals surface area contributed by atoms with Gasteiger partial charge < -0.3 is 9.47 Å². The Morgan fingerprint density at radius 2 is 2.36 bits per heavy atom. The second-order valence-electron chi connectivity index (χ2n) is 3.83. The van der Waals surface area contributed by atoms with E-state index in [1.807, 2.05) is 6.92 Å². The first-order chi connectivity index (χ1) is 6.56. The molecular weight excluding hydrogens is 180 g/mol. The molecule has 1 heterocycles. The third-order valence-electron chi connectivity index (χ3n) is 2.63. The Morgan fingerprint density at radius 3 is 2.71 bits per heavy atom. The maximum Gasteiger partial charge on any atom is 0.333 e. The summed E-state index contributed by atoms with van der Waals surface area (Å²) in [5, 5.41) is 0. The lowest BCUT2D eigenvalue weighted by Crippen LogP contribution is -2.47. The van der Waals surface area contributed by atoms with Crippen molar-refractivity contribution in [3.05, 3.63) is 12.2 Å². The zero-order valence-corrected chi connectivity index (χ0v) is 9.08. The SMILES string of the molecule is C=C(C)C(=O)OC(C)C1COC1CC. The highest BCUT2D eigenvalue weighted by molar-refractivity contribution is 5.87. The summed E-state index contributed by atoms with van der Waals surface area (Å²) in [6.07, 6.45) is 1.15. The Morgan fingerprint density at radius 1 is 1.71 bits per heavy atom. The number of rotatable bonds is 4. The third kappa shape index (κ3) is 2.35. The van der Waals surface area contributed by atoms with E-state index in [1.54, 1.807) is 6.92 Å². The van der Waals surface area contributed by atoms with Crippen LogP contribution in [0.25, 0.3) is 0 Å². The van der Waals surface area contributed by atoms with E-state index in [-0.39, 0.29) is 18.2 Å². The van der Waals surface area contributed by atoms with Crippen LogP contribution in [0.3, 0.4) is 0 Å². The van der Waals surface area contributed by atoms with Gasteiger partial charge in [-0.05, 0) is 20.3 Å². The Kier molecular flexibility index (Phi) is 3.69. The second-order valence-corrected chi connectivity index (χ2v) is 3.83. The summed E-state index contributed by atoms with van der Waals surface area (Å²) < 4.78 is 10.6. The first-order valence-corrected chi connectivity index (χ1v) is 5.04. The summed E-state index contributed by atoms with van der Waals surface area (Å²) >= 11 is 0. The second kappa shape index (κ2) is 4.60. The molecule has 0 amide bonds. The van der Waals surface area contributed by atoms with E-state index in [9.17, 15) is 4.79 Å². The predicted octanol–water partition coefficient (Wildman–Crippen LogP) is 1.92. The summed E-state index contributed by atoms with van der Waals surface area (Å²) in [7, 11) is 0. The van der Waals surface area contributed by atoms with E-state index >= 15 is 0 Å². The van der Waals surface area contributed by atoms with Gasteiger partial charge in [-0.15, -0.1) is 0 Å². The predicted molar refractivity (Wildman–Crippen MR) is 53.9 cm³/mol. The van der Waals surface area contributed by atoms with Gasteiger partial charge in [0.25, 0.3) is 0 Å². The molecule has 0 aromatic carbocycles. The smallest absolute Gasteiger partial charge is 0.333 e. The number of ether oxygens (including phenoxy) is 2. The molecule has 80 valence electrons. The van der Waals surface area contributed by atoms with Crippen molar-refractivity contribution in [3.63, 3.8) is 0 Å². The zero-order chi connectivity index (χ0) is 10.7. The van der Waals surface area contributed by atoms with E-state index in [0.717, 1.165) is 6.42 Å². The van der Waals surface area contributed by atoms with Crippen LogP contribution in [0.15, 0.2) is 12.2 Å². The fraction of sp³-hybridized carbons (Fsp3) is 0.727. The van der Waals surface area contributed by atoms with E-state index in [1.165, 1.54) is 0 Å². The van der Waals surface area contributed by atoms with E-state index < -0.39 is 0 Å². The molecule has 0 spiro atoms. The van der Waals surface area contributed by atoms with Gasteiger partial charge >= 0.3 is 5.97 Å². The molecule has 0 aliphatic carbocycles. The lowest BCUT2D eigenvalue weighted by molar-refractivity contribution is -0.177. The molecule has 1 fully saturated rings. The van der Waals surface area contributed by atoms with Gasteiger partial charge in [-0.25, -0.2) is 4.79 Å². The molecule has 0 N–H and O–H groups in total. The van der Waals surface area contributed by atoms with Crippen molar-refractivity contribution in [2.75, 3.05) is 6.61 Å². The molecular formula is C11H18O3. The lowest BCUT2D eigenvalue weighted by atomic mass is 9.91. The van der Waals surface area contributed by atoms with Gasteiger partial charge in [0.2, 0.25) is 0 Å². The van der Waals surface area contributed by atoms with Crippen LogP contribution in [0.2, 0.25) is 0 Å². The third-order valence-corrected chi connectivity index (χ3v) is 2.63. The van der Waals surface area contributed by atoms with Crippen LogP contribution in [-0.2, 0) is 14.3 Å². The summed E-state index contributed by atoms with van der Waals surface area (Å²) in [6.45, 7) is 9.89. The minimum atomic E-state index is -0.306. The quantitative estimate of drug-likeness (QED) is 0.511. The minimum Gasteiger partial charge on any atom is -0.459 e. The maximum absolute atomic E-state index is 11.2. The van der Waals surface area contributed by atoms with Crippen LogP contribution in [0.5, 0.6) is 0 Å². The first kappa shape index (κ1) is 11.2. The molecule has 3 unspecified atom stereocenters. The molecule has 0 radical (unpaired) electrons. The fourth-order valence-electron chi connectivity index (χ4n) is 1.56. The van der Waals surface area contributed by atoms with Gasteiger partial charge in [0.05, 0.1) is 12.7 Å². The topological polar surface area (TPSA) is 35.5 Å². The van der Waals surface area contributed by atoms with E-state index in [2.05, 4.69) is 13.5 Å². The van der Waals surface area contributed by atoms with Crippen LogP contribution in [-0.4, -0.2) is 24.8 Å². The van der Waals surface area contributed by atoms with Crippen LogP contribution in [0.1, 0.15) is 27.2 Å². The maximum atomic E-state index is 11.2. The number of hydrogen-bond donors (Lipinski definition) is 0. The highest BCUT2D eigenvalue weighted by Crippen LogP contribution is 2.28. The minimum absolute atomic E-state index is 0.0714. The molecule has 0 bridgehead atoms. The Labute approximate surface area is 85.1 Å². The average molecular weight is 198 g/mol. The van der Waals surface area contributed by atoms with Crippen molar-refractivity contribution >= 4 is 5.97 Å². The molecule has 1 aliphatic rings. The molecule has 14 heavy (non-hydrogen) atoms. The number of carbonyl (C=O) groups excluding carboxylic acids is 1. The van der Waals surface area contributed by atoms with Crippen molar-refractivity contribution in [1.82, 2.24) is 0 Å². The van der Waals surface area contributed by atoms with Crippen molar-refractivity contribution in [2.45, 2.75) is 39.4 Å². The molecule has 0 aromatic rings. The molecule has 1 aliphatic heterocycles. The van der Waals surface area contributed by atoms with Crippen molar-refractivity contribution in [1.29, 1.82) is 0 Å². The van der Waals surface area contributed by atoms with Crippen molar-refractivity contribution < 1.29 is 14.3 Å². The summed E-state index contributed by atoms with van der Waals surface area (Å²) in [4.78, 5) is 11.2. The number of esters is 1. The fourth-order valence-corrected chi connectivity index (χ4v) is 1.56. The van der Waals surface area contributed by atoms with Gasteiger partial charge in [0, 0.05) is 11.5 Å². The highest BCUT2D eigenvalue weighted by atomic mass is 16.6. The standard InChI is InChI=1S/C11H18O3/c1-5-10-9(6-13-10)8(4)14-11(12)7(2)3/h8-10H,2,5-6H2,1,3-4H3.